The number of nitrogens with two attached hydrogens (primary N) is 1. The van der Waals surface area contributed by atoms with Gasteiger partial charge in [0.2, 0.25) is 5.91 Å². The molecule has 1 aromatic carbocycles. The van der Waals surface area contributed by atoms with Gasteiger partial charge in [0.25, 0.3) is 0 Å². The van der Waals surface area contributed by atoms with E-state index in [9.17, 15) is 34.2 Å². The molecule has 2 saturated carbocycles. The molecule has 0 bridgehead atoms. The van der Waals surface area contributed by atoms with Crippen LogP contribution in [0.25, 0.3) is 11.3 Å². The van der Waals surface area contributed by atoms with Crippen LogP contribution in [-0.2, 0) is 32.0 Å². The van der Waals surface area contributed by atoms with Crippen molar-refractivity contribution in [2.24, 2.45) is 29.4 Å². The van der Waals surface area contributed by atoms with Crippen LogP contribution in [0.5, 0.6) is 5.75 Å². The highest BCUT2D eigenvalue weighted by atomic mass is 16.3. The summed E-state index contributed by atoms with van der Waals surface area (Å²) in [6.45, 7) is 2.03. The number of phenols is 1. The van der Waals surface area contributed by atoms with E-state index in [4.69, 9.17) is 10.2 Å². The van der Waals surface area contributed by atoms with Crippen molar-refractivity contribution >= 4 is 29.0 Å². The second-order valence-electron chi connectivity index (χ2n) is 10.8. The van der Waals surface area contributed by atoms with E-state index in [0.717, 1.165) is 18.6 Å². The van der Waals surface area contributed by atoms with E-state index < -0.39 is 64.4 Å². The second-order valence-corrected chi connectivity index (χ2v) is 10.8. The first-order valence-electron chi connectivity index (χ1n) is 12.7. The molecule has 4 N–H and O–H groups in total. The summed E-state index contributed by atoms with van der Waals surface area (Å²) in [5.41, 5.74) is 3.67. The molecule has 2 aromatic rings. The highest BCUT2D eigenvalue weighted by Gasteiger charge is 2.69. The number of aliphatic hydroxyl groups is 1. The Labute approximate surface area is 218 Å². The molecule has 10 nitrogen and oxygen atoms in total. The number of rotatable bonds is 5. The summed E-state index contributed by atoms with van der Waals surface area (Å²) in [4.78, 5) is 67.7. The lowest BCUT2D eigenvalue weighted by Gasteiger charge is -2.52. The summed E-state index contributed by atoms with van der Waals surface area (Å²) in [6.07, 6.45) is 1.80. The van der Waals surface area contributed by atoms with E-state index in [-0.39, 0.29) is 24.2 Å². The Morgan fingerprint density at radius 3 is 2.47 bits per heavy atom. The predicted molar refractivity (Wildman–Crippen MR) is 133 cm³/mol. The van der Waals surface area contributed by atoms with Crippen LogP contribution in [-0.4, -0.2) is 69.9 Å². The Hall–Kier alpha value is -3.63. The lowest BCUT2D eigenvalue weighted by Crippen LogP contribution is -2.74. The zero-order valence-corrected chi connectivity index (χ0v) is 21.4. The van der Waals surface area contributed by atoms with Gasteiger partial charge in [-0.1, -0.05) is 6.92 Å². The maximum Gasteiger partial charge on any atom is 0.235 e. The van der Waals surface area contributed by atoms with Crippen molar-refractivity contribution < 1.29 is 38.6 Å². The molecule has 38 heavy (non-hydrogen) atoms. The fourth-order valence-corrected chi connectivity index (χ4v) is 6.74. The lowest BCUT2D eigenvalue weighted by atomic mass is 9.52. The van der Waals surface area contributed by atoms with Gasteiger partial charge in [0.15, 0.2) is 34.7 Å². The minimum absolute atomic E-state index is 0.00176. The first-order valence-corrected chi connectivity index (χ1v) is 12.7. The summed E-state index contributed by atoms with van der Waals surface area (Å²) < 4.78 is 5.98. The molecule has 200 valence electrons. The number of phenolic OH excluding ortho intramolecular Hbond substituents is 1. The van der Waals surface area contributed by atoms with Crippen molar-refractivity contribution in [1.29, 1.82) is 0 Å². The predicted octanol–water partition coefficient (Wildman–Crippen LogP) is 1.08. The molecule has 6 atom stereocenters. The molecule has 3 aliphatic carbocycles. The SMILES string of the molecule is CCCc1ccc(-c2ccc(O)c3c2C[C@@H]2C[C@@H]4C(N(C)C)C(=O)C(C(N)=O)C(=O)[C@]4(O)C(=O)C2C3=O)o1. The number of carbonyl (C=O) groups is 5. The van der Waals surface area contributed by atoms with E-state index >= 15 is 0 Å². The Balaban J connectivity index is 1.63. The number of likely N-dealkylation sites (N-methyl/N-ethyl adjacent to an activating group) is 1. The number of hydrogen-bond donors (Lipinski definition) is 3. The monoisotopic (exact) mass is 522 g/mol. The first kappa shape index (κ1) is 26.0. The molecule has 1 aromatic heterocycles. The molecule has 1 amide bonds. The van der Waals surface area contributed by atoms with Gasteiger partial charge in [-0.2, -0.15) is 0 Å². The molecule has 1 heterocycles. The van der Waals surface area contributed by atoms with Crippen molar-refractivity contribution in [2.75, 3.05) is 14.1 Å². The van der Waals surface area contributed by atoms with Gasteiger partial charge in [-0.05, 0) is 69.1 Å². The van der Waals surface area contributed by atoms with Gasteiger partial charge in [0.05, 0.1) is 17.5 Å². The van der Waals surface area contributed by atoms with Crippen LogP contribution in [0.15, 0.2) is 28.7 Å². The average Bonchev–Trinajstić information content (AvgIpc) is 3.29. The highest BCUT2D eigenvalue weighted by Crippen LogP contribution is 2.51. The van der Waals surface area contributed by atoms with Crippen molar-refractivity contribution in [1.82, 2.24) is 4.90 Å². The average molecular weight is 523 g/mol. The van der Waals surface area contributed by atoms with Crippen molar-refractivity contribution in [3.63, 3.8) is 0 Å². The Morgan fingerprint density at radius 2 is 1.84 bits per heavy atom. The molecule has 2 fully saturated rings. The number of amides is 1. The van der Waals surface area contributed by atoms with Gasteiger partial charge in [0, 0.05) is 17.9 Å². The van der Waals surface area contributed by atoms with Crippen LogP contribution in [0, 0.1) is 23.7 Å². The van der Waals surface area contributed by atoms with E-state index in [1.165, 1.54) is 11.0 Å². The van der Waals surface area contributed by atoms with E-state index in [1.807, 2.05) is 13.0 Å². The number of nitrogens with zero attached hydrogens (tertiary/aromatic N) is 1. The minimum atomic E-state index is -2.74. The third-order valence-corrected chi connectivity index (χ3v) is 8.37. The number of primary amides is 1. The number of aromatic hydroxyl groups is 1. The summed E-state index contributed by atoms with van der Waals surface area (Å²) in [5, 5.41) is 22.3. The Kier molecular flexibility index (Phi) is 6.15. The van der Waals surface area contributed by atoms with Crippen LogP contribution >= 0.6 is 0 Å². The molecule has 5 rings (SSSR count). The largest absolute Gasteiger partial charge is 0.507 e. The number of ketones is 4. The molecule has 0 radical (unpaired) electrons. The normalized spacial score (nSPS) is 30.7. The van der Waals surface area contributed by atoms with Gasteiger partial charge in [0.1, 0.15) is 17.3 Å². The van der Waals surface area contributed by atoms with Crippen LogP contribution < -0.4 is 5.73 Å². The smallest absolute Gasteiger partial charge is 0.235 e. The van der Waals surface area contributed by atoms with Crippen LogP contribution in [0.1, 0.15) is 41.4 Å². The van der Waals surface area contributed by atoms with E-state index in [2.05, 4.69) is 0 Å². The molecule has 3 aliphatic rings. The molecule has 3 unspecified atom stereocenters. The topological polar surface area (TPSA) is 168 Å². The fourth-order valence-electron chi connectivity index (χ4n) is 6.74. The number of aryl methyl sites for hydroxylation is 1. The molecule has 0 spiro atoms. The minimum Gasteiger partial charge on any atom is -0.507 e. The highest BCUT2D eigenvalue weighted by molar-refractivity contribution is 6.32. The van der Waals surface area contributed by atoms with Gasteiger partial charge in [-0.3, -0.25) is 28.9 Å². The number of furan rings is 1. The maximum absolute atomic E-state index is 13.9. The van der Waals surface area contributed by atoms with Crippen LogP contribution in [0.4, 0.5) is 0 Å². The molecular formula is C28H30N2O8. The zero-order valence-electron chi connectivity index (χ0n) is 21.4. The van der Waals surface area contributed by atoms with Gasteiger partial charge in [-0.25, -0.2) is 0 Å². The van der Waals surface area contributed by atoms with E-state index in [0.29, 0.717) is 16.9 Å². The molecular weight excluding hydrogens is 492 g/mol. The van der Waals surface area contributed by atoms with Gasteiger partial charge >= 0.3 is 0 Å². The summed E-state index contributed by atoms with van der Waals surface area (Å²) in [5.74, 6) is -9.33. The summed E-state index contributed by atoms with van der Waals surface area (Å²) in [7, 11) is 3.10. The van der Waals surface area contributed by atoms with Crippen LogP contribution in [0.2, 0.25) is 0 Å². The van der Waals surface area contributed by atoms with Gasteiger partial charge in [-0.15, -0.1) is 0 Å². The van der Waals surface area contributed by atoms with Crippen molar-refractivity contribution in [2.45, 2.75) is 44.2 Å². The van der Waals surface area contributed by atoms with E-state index in [1.54, 1.807) is 26.2 Å². The Morgan fingerprint density at radius 1 is 1.13 bits per heavy atom. The van der Waals surface area contributed by atoms with Crippen molar-refractivity contribution in [3.05, 3.63) is 41.2 Å². The first-order chi connectivity index (χ1) is 17.9. The lowest BCUT2D eigenvalue weighted by molar-refractivity contribution is -0.181. The number of benzene rings is 1. The maximum atomic E-state index is 13.9. The molecule has 0 saturated heterocycles. The number of fused-ring (bicyclic) bond motifs is 3. The molecule has 10 heteroatoms. The zero-order chi connectivity index (χ0) is 27.7. The molecule has 0 aliphatic heterocycles. The third-order valence-electron chi connectivity index (χ3n) is 8.37. The van der Waals surface area contributed by atoms with Crippen LogP contribution in [0.3, 0.4) is 0 Å². The Bertz CT molecular complexity index is 1390. The standard InChI is InChI=1S/C28H30N2O8/c1-4-5-13-6-9-18(38-13)14-7-8-17(31)20-15(14)10-12-11-16-22(30(2)3)24(33)21(27(29)36)26(35)28(16,37)25(34)19(12)23(20)32/h6-9,12,16,19,21-22,31,37H,4-5,10-11H2,1-3H3,(H2,29,36)/t12-,16-,19?,21?,22?,28-/m1/s1. The second kappa shape index (κ2) is 8.99. The summed E-state index contributed by atoms with van der Waals surface area (Å²) in [6, 6.07) is 5.52. The van der Waals surface area contributed by atoms with Gasteiger partial charge < -0.3 is 20.4 Å². The number of Topliss-reactive ketones (excluding diaryl/α,β-unsaturated/α-hetero) is 4. The number of hydrogen-bond acceptors (Lipinski definition) is 9. The fraction of sp³-hybridized carbons (Fsp3) is 0.464. The third kappa shape index (κ3) is 3.50. The quantitative estimate of drug-likeness (QED) is 0.487. The number of carbonyl (C=O) groups excluding carboxylic acids is 5. The van der Waals surface area contributed by atoms with Crippen molar-refractivity contribution in [3.8, 4) is 17.1 Å². The summed E-state index contributed by atoms with van der Waals surface area (Å²) >= 11 is 0.